The van der Waals surface area contributed by atoms with Gasteiger partial charge in [0, 0.05) is 11.6 Å². The van der Waals surface area contributed by atoms with Crippen molar-refractivity contribution in [2.75, 3.05) is 6.54 Å². The highest BCUT2D eigenvalue weighted by molar-refractivity contribution is 5.25. The van der Waals surface area contributed by atoms with Gasteiger partial charge in [0.05, 0.1) is 6.54 Å². The number of alkyl halides is 2. The van der Waals surface area contributed by atoms with Crippen molar-refractivity contribution >= 4 is 0 Å². The van der Waals surface area contributed by atoms with Crippen molar-refractivity contribution in [2.45, 2.75) is 31.7 Å². The van der Waals surface area contributed by atoms with Gasteiger partial charge in [0.1, 0.15) is 0 Å². The van der Waals surface area contributed by atoms with Gasteiger partial charge < -0.3 is 5.32 Å². The van der Waals surface area contributed by atoms with E-state index in [1.165, 1.54) is 12.1 Å². The molecule has 1 aliphatic carbocycles. The third-order valence-electron chi connectivity index (χ3n) is 2.66. The fraction of sp³-hybridized carbons (Fsp3) is 0.500. The average Bonchev–Trinajstić information content (AvgIpc) is 2.99. The second-order valence-electron chi connectivity index (χ2n) is 4.23. The molecule has 3 heteroatoms. The van der Waals surface area contributed by atoms with Crippen LogP contribution in [0.25, 0.3) is 0 Å². The number of aryl methyl sites for hydroxylation is 1. The van der Waals surface area contributed by atoms with Crippen LogP contribution in [0.1, 0.15) is 24.0 Å². The standard InChI is InChI=1S/C12H15F2N/c1-9-2-4-10(5-3-9)12(13,14)8-15-11-6-7-11/h2-5,11,15H,6-8H2,1H3. The van der Waals surface area contributed by atoms with Gasteiger partial charge in [-0.1, -0.05) is 29.8 Å². The summed E-state index contributed by atoms with van der Waals surface area (Å²) in [6.45, 7) is 1.64. The molecule has 1 fully saturated rings. The van der Waals surface area contributed by atoms with Gasteiger partial charge in [0.25, 0.3) is 5.92 Å². The molecular formula is C12H15F2N. The minimum atomic E-state index is -2.75. The Bertz CT molecular complexity index is 328. The van der Waals surface area contributed by atoms with E-state index in [-0.39, 0.29) is 12.1 Å². The molecule has 1 N–H and O–H groups in total. The molecule has 82 valence electrons. The minimum absolute atomic E-state index is 0.0984. The smallest absolute Gasteiger partial charge is 0.285 e. The molecule has 0 bridgehead atoms. The van der Waals surface area contributed by atoms with Crippen molar-refractivity contribution in [3.8, 4) is 0 Å². The first-order valence-electron chi connectivity index (χ1n) is 5.26. The lowest BCUT2D eigenvalue weighted by atomic mass is 10.1. The molecular weight excluding hydrogens is 196 g/mol. The molecule has 0 heterocycles. The van der Waals surface area contributed by atoms with E-state index in [1.54, 1.807) is 12.1 Å². The number of hydrogen-bond donors (Lipinski definition) is 1. The second kappa shape index (κ2) is 3.89. The third-order valence-corrected chi connectivity index (χ3v) is 2.66. The zero-order valence-electron chi connectivity index (χ0n) is 8.76. The van der Waals surface area contributed by atoms with E-state index in [1.807, 2.05) is 6.92 Å². The molecule has 2 rings (SSSR count). The van der Waals surface area contributed by atoms with Crippen LogP contribution in [0.4, 0.5) is 8.78 Å². The average molecular weight is 211 g/mol. The Labute approximate surface area is 88.5 Å². The van der Waals surface area contributed by atoms with Gasteiger partial charge in [-0.25, -0.2) is 0 Å². The molecule has 0 aromatic heterocycles. The molecule has 15 heavy (non-hydrogen) atoms. The summed E-state index contributed by atoms with van der Waals surface area (Å²) < 4.78 is 27.2. The number of halogens is 2. The molecule has 0 amide bonds. The third kappa shape index (κ3) is 2.75. The maximum Gasteiger partial charge on any atom is 0.285 e. The van der Waals surface area contributed by atoms with E-state index < -0.39 is 5.92 Å². The van der Waals surface area contributed by atoms with E-state index in [9.17, 15) is 8.78 Å². The number of hydrogen-bond acceptors (Lipinski definition) is 1. The van der Waals surface area contributed by atoms with Gasteiger partial charge >= 0.3 is 0 Å². The molecule has 0 aliphatic heterocycles. The molecule has 0 radical (unpaired) electrons. The highest BCUT2D eigenvalue weighted by atomic mass is 19.3. The van der Waals surface area contributed by atoms with Crippen LogP contribution >= 0.6 is 0 Å². The fourth-order valence-electron chi connectivity index (χ4n) is 1.46. The number of rotatable bonds is 4. The van der Waals surface area contributed by atoms with Crippen molar-refractivity contribution in [2.24, 2.45) is 0 Å². The second-order valence-corrected chi connectivity index (χ2v) is 4.23. The summed E-state index contributed by atoms with van der Waals surface area (Å²) in [5.41, 5.74) is 1.10. The van der Waals surface area contributed by atoms with Crippen LogP contribution in [0, 0.1) is 6.92 Å². The van der Waals surface area contributed by atoms with Crippen molar-refractivity contribution in [1.29, 1.82) is 0 Å². The molecule has 0 unspecified atom stereocenters. The Morgan fingerprint density at radius 2 is 1.87 bits per heavy atom. The Morgan fingerprint density at radius 3 is 2.40 bits per heavy atom. The van der Waals surface area contributed by atoms with E-state index in [0.29, 0.717) is 6.04 Å². The quantitative estimate of drug-likeness (QED) is 0.807. The summed E-state index contributed by atoms with van der Waals surface area (Å²) >= 11 is 0. The van der Waals surface area contributed by atoms with Crippen molar-refractivity contribution < 1.29 is 8.78 Å². The van der Waals surface area contributed by atoms with Gasteiger partial charge in [-0.15, -0.1) is 0 Å². The lowest BCUT2D eigenvalue weighted by molar-refractivity contribution is -0.00349. The van der Waals surface area contributed by atoms with Gasteiger partial charge in [-0.05, 0) is 19.8 Å². The predicted molar refractivity (Wildman–Crippen MR) is 56.1 cm³/mol. The van der Waals surface area contributed by atoms with Crippen LogP contribution in [0.15, 0.2) is 24.3 Å². The monoisotopic (exact) mass is 211 g/mol. The minimum Gasteiger partial charge on any atom is -0.308 e. The highest BCUT2D eigenvalue weighted by Crippen LogP contribution is 2.29. The van der Waals surface area contributed by atoms with Crippen molar-refractivity contribution in [3.63, 3.8) is 0 Å². The summed E-state index contributed by atoms with van der Waals surface area (Å²) in [6.07, 6.45) is 2.06. The summed E-state index contributed by atoms with van der Waals surface area (Å²) in [5.74, 6) is -2.75. The Hall–Kier alpha value is -0.960. The molecule has 1 nitrogen and oxygen atoms in total. The van der Waals surface area contributed by atoms with E-state index >= 15 is 0 Å². The van der Waals surface area contributed by atoms with Crippen molar-refractivity contribution in [1.82, 2.24) is 5.32 Å². The van der Waals surface area contributed by atoms with Crippen LogP contribution < -0.4 is 5.32 Å². The van der Waals surface area contributed by atoms with Gasteiger partial charge in [-0.3, -0.25) is 0 Å². The maximum atomic E-state index is 13.6. The Kier molecular flexibility index (Phi) is 2.74. The summed E-state index contributed by atoms with van der Waals surface area (Å²) in [4.78, 5) is 0. The lowest BCUT2D eigenvalue weighted by Crippen LogP contribution is -2.32. The van der Waals surface area contributed by atoms with Crippen LogP contribution in [0.5, 0.6) is 0 Å². The first-order valence-corrected chi connectivity index (χ1v) is 5.26. The fourth-order valence-corrected chi connectivity index (χ4v) is 1.46. The molecule has 0 saturated heterocycles. The molecule has 0 spiro atoms. The first kappa shape index (κ1) is 10.6. The van der Waals surface area contributed by atoms with Crippen LogP contribution in [-0.2, 0) is 5.92 Å². The molecule has 0 atom stereocenters. The van der Waals surface area contributed by atoms with E-state index in [0.717, 1.165) is 18.4 Å². The predicted octanol–water partition coefficient (Wildman–Crippen LogP) is 2.84. The largest absolute Gasteiger partial charge is 0.308 e. The number of benzene rings is 1. The van der Waals surface area contributed by atoms with Gasteiger partial charge in [0.15, 0.2) is 0 Å². The SMILES string of the molecule is Cc1ccc(C(F)(F)CNC2CC2)cc1. The molecule has 1 aromatic rings. The number of nitrogens with one attached hydrogen (secondary N) is 1. The summed E-state index contributed by atoms with van der Waals surface area (Å²) in [6, 6.07) is 6.77. The van der Waals surface area contributed by atoms with Crippen LogP contribution in [-0.4, -0.2) is 12.6 Å². The Balaban J connectivity index is 2.02. The zero-order valence-corrected chi connectivity index (χ0v) is 8.76. The van der Waals surface area contributed by atoms with Gasteiger partial charge in [0.2, 0.25) is 0 Å². The Morgan fingerprint density at radius 1 is 1.27 bits per heavy atom. The van der Waals surface area contributed by atoms with Gasteiger partial charge in [-0.2, -0.15) is 8.78 Å². The molecule has 1 aliphatic rings. The zero-order chi connectivity index (χ0) is 10.9. The van der Waals surface area contributed by atoms with Crippen molar-refractivity contribution in [3.05, 3.63) is 35.4 Å². The van der Waals surface area contributed by atoms with E-state index in [4.69, 9.17) is 0 Å². The van der Waals surface area contributed by atoms with Crippen LogP contribution in [0.2, 0.25) is 0 Å². The summed E-state index contributed by atoms with van der Waals surface area (Å²) in [5, 5.41) is 2.86. The molecule has 1 aromatic carbocycles. The summed E-state index contributed by atoms with van der Waals surface area (Å²) in [7, 11) is 0. The molecule has 1 saturated carbocycles. The topological polar surface area (TPSA) is 12.0 Å². The van der Waals surface area contributed by atoms with Crippen LogP contribution in [0.3, 0.4) is 0 Å². The normalized spacial score (nSPS) is 16.7. The van der Waals surface area contributed by atoms with E-state index in [2.05, 4.69) is 5.32 Å². The first-order chi connectivity index (χ1) is 7.08. The maximum absolute atomic E-state index is 13.6. The lowest BCUT2D eigenvalue weighted by Gasteiger charge is -2.17. The highest BCUT2D eigenvalue weighted by Gasteiger charge is 2.33.